The fourth-order valence-corrected chi connectivity index (χ4v) is 1.95. The van der Waals surface area contributed by atoms with E-state index in [-0.39, 0.29) is 18.9 Å². The molecule has 3 N–H and O–H groups in total. The molecule has 21 heavy (non-hydrogen) atoms. The number of phenolic OH excluding ortho intramolecular Hbond substituents is 1. The van der Waals surface area contributed by atoms with Crippen LogP contribution in [0.15, 0.2) is 42.5 Å². The van der Waals surface area contributed by atoms with Crippen molar-refractivity contribution in [1.29, 1.82) is 0 Å². The molecule has 0 heterocycles. The molecule has 4 nitrogen and oxygen atoms in total. The highest BCUT2D eigenvalue weighted by Crippen LogP contribution is 2.16. The Bertz CT molecular complexity index is 643. The van der Waals surface area contributed by atoms with Gasteiger partial charge in [0, 0.05) is 6.54 Å². The maximum Gasteiger partial charge on any atom is 0.224 e. The molecule has 0 aliphatic rings. The van der Waals surface area contributed by atoms with E-state index in [1.54, 1.807) is 12.1 Å². The minimum atomic E-state index is -0.740. The third kappa shape index (κ3) is 4.29. The Kier molecular flexibility index (Phi) is 4.90. The number of carbonyl (C=O) groups excluding carboxylic acids is 1. The van der Waals surface area contributed by atoms with Crippen LogP contribution in [0.4, 0.5) is 4.39 Å². The van der Waals surface area contributed by atoms with Crippen molar-refractivity contribution in [3.05, 3.63) is 65.0 Å². The maximum atomic E-state index is 13.2. The summed E-state index contributed by atoms with van der Waals surface area (Å²) >= 11 is 0. The summed E-state index contributed by atoms with van der Waals surface area (Å²) in [7, 11) is 0. The predicted octanol–water partition coefficient (Wildman–Crippen LogP) is 1.88. The number of rotatable bonds is 5. The van der Waals surface area contributed by atoms with E-state index in [4.69, 9.17) is 10.2 Å². The van der Waals surface area contributed by atoms with Gasteiger partial charge in [-0.25, -0.2) is 4.39 Å². The van der Waals surface area contributed by atoms with Crippen molar-refractivity contribution >= 4 is 5.91 Å². The van der Waals surface area contributed by atoms with Gasteiger partial charge in [0.25, 0.3) is 0 Å². The molecule has 5 heteroatoms. The van der Waals surface area contributed by atoms with E-state index in [9.17, 15) is 9.18 Å². The van der Waals surface area contributed by atoms with Crippen molar-refractivity contribution in [2.75, 3.05) is 0 Å². The molecule has 0 radical (unpaired) electrons. The lowest BCUT2D eigenvalue weighted by Gasteiger charge is -2.07. The van der Waals surface area contributed by atoms with Crippen molar-refractivity contribution in [3.8, 4) is 5.75 Å². The van der Waals surface area contributed by atoms with Crippen molar-refractivity contribution in [2.24, 2.45) is 0 Å². The predicted molar refractivity (Wildman–Crippen MR) is 76.0 cm³/mol. The van der Waals surface area contributed by atoms with Gasteiger partial charge in [-0.1, -0.05) is 30.3 Å². The number of aliphatic hydroxyl groups excluding tert-OH is 1. The molecular formula is C16H16FNO3. The average molecular weight is 289 g/mol. The molecule has 0 aliphatic carbocycles. The second-order valence-corrected chi connectivity index (χ2v) is 4.72. The molecule has 0 aliphatic heterocycles. The normalized spacial score (nSPS) is 10.4. The second-order valence-electron chi connectivity index (χ2n) is 4.72. The fraction of sp³-hybridized carbons (Fsp3) is 0.188. The van der Waals surface area contributed by atoms with Crippen LogP contribution in [-0.4, -0.2) is 16.1 Å². The Balaban J connectivity index is 1.91. The summed E-state index contributed by atoms with van der Waals surface area (Å²) in [4.78, 5) is 11.8. The molecule has 0 atom stereocenters. The lowest BCUT2D eigenvalue weighted by molar-refractivity contribution is -0.120. The summed E-state index contributed by atoms with van der Waals surface area (Å²) in [5.41, 5.74) is 2.15. The van der Waals surface area contributed by atoms with Gasteiger partial charge in [-0.3, -0.25) is 4.79 Å². The van der Waals surface area contributed by atoms with Crippen LogP contribution in [0.2, 0.25) is 0 Å². The smallest absolute Gasteiger partial charge is 0.224 e. The van der Waals surface area contributed by atoms with Crippen molar-refractivity contribution in [1.82, 2.24) is 5.32 Å². The van der Waals surface area contributed by atoms with Gasteiger partial charge < -0.3 is 15.5 Å². The maximum absolute atomic E-state index is 13.2. The van der Waals surface area contributed by atoms with Crippen LogP contribution in [0.1, 0.15) is 16.7 Å². The molecule has 2 rings (SSSR count). The number of hydrogen-bond donors (Lipinski definition) is 3. The van der Waals surface area contributed by atoms with E-state index in [0.29, 0.717) is 12.1 Å². The van der Waals surface area contributed by atoms with Crippen LogP contribution < -0.4 is 5.32 Å². The van der Waals surface area contributed by atoms with Gasteiger partial charge in [0.05, 0.1) is 13.0 Å². The Hall–Kier alpha value is -2.40. The van der Waals surface area contributed by atoms with Crippen LogP contribution >= 0.6 is 0 Å². The molecule has 0 unspecified atom stereocenters. The fourth-order valence-electron chi connectivity index (χ4n) is 1.95. The third-order valence-electron chi connectivity index (χ3n) is 3.04. The van der Waals surface area contributed by atoms with E-state index in [1.807, 2.05) is 12.1 Å². The Morgan fingerprint density at radius 2 is 1.86 bits per heavy atom. The largest absolute Gasteiger partial charge is 0.505 e. The zero-order chi connectivity index (χ0) is 15.2. The van der Waals surface area contributed by atoms with Crippen molar-refractivity contribution in [3.63, 3.8) is 0 Å². The Morgan fingerprint density at radius 1 is 1.10 bits per heavy atom. The minimum absolute atomic E-state index is 0.0386. The van der Waals surface area contributed by atoms with Gasteiger partial charge in [0.15, 0.2) is 11.6 Å². The van der Waals surface area contributed by atoms with Crippen LogP contribution in [0.25, 0.3) is 0 Å². The van der Waals surface area contributed by atoms with Crippen molar-refractivity contribution < 1.29 is 19.4 Å². The Labute approximate surface area is 121 Å². The zero-order valence-electron chi connectivity index (χ0n) is 11.3. The lowest BCUT2D eigenvalue weighted by Crippen LogP contribution is -2.24. The standard InChI is InChI=1S/C16H16FNO3/c17-14-7-11(4-5-15(14)20)8-16(21)18-9-12-2-1-3-13(6-12)10-19/h1-7,19-20H,8-10H2,(H,18,21). The lowest BCUT2D eigenvalue weighted by atomic mass is 10.1. The molecule has 0 saturated carbocycles. The van der Waals surface area contributed by atoms with Gasteiger partial charge >= 0.3 is 0 Å². The first kappa shape index (κ1) is 15.0. The van der Waals surface area contributed by atoms with E-state index in [2.05, 4.69) is 5.32 Å². The van der Waals surface area contributed by atoms with Crippen LogP contribution in [0, 0.1) is 5.82 Å². The molecular weight excluding hydrogens is 273 g/mol. The molecule has 2 aromatic carbocycles. The first-order valence-electron chi connectivity index (χ1n) is 6.51. The Morgan fingerprint density at radius 3 is 2.57 bits per heavy atom. The number of hydrogen-bond acceptors (Lipinski definition) is 3. The molecule has 0 aromatic heterocycles. The van der Waals surface area contributed by atoms with E-state index >= 15 is 0 Å². The quantitative estimate of drug-likeness (QED) is 0.787. The van der Waals surface area contributed by atoms with E-state index in [1.165, 1.54) is 12.1 Å². The number of aromatic hydroxyl groups is 1. The van der Waals surface area contributed by atoms with Crippen LogP contribution in [-0.2, 0) is 24.4 Å². The summed E-state index contributed by atoms with van der Waals surface area (Å²) in [6.45, 7) is 0.293. The van der Waals surface area contributed by atoms with E-state index in [0.717, 1.165) is 17.2 Å². The highest BCUT2D eigenvalue weighted by molar-refractivity contribution is 5.78. The van der Waals surface area contributed by atoms with Gasteiger partial charge in [0.2, 0.25) is 5.91 Å². The SMILES string of the molecule is O=C(Cc1ccc(O)c(F)c1)NCc1cccc(CO)c1. The molecule has 0 fully saturated rings. The van der Waals surface area contributed by atoms with E-state index < -0.39 is 11.6 Å². The highest BCUT2D eigenvalue weighted by atomic mass is 19.1. The highest BCUT2D eigenvalue weighted by Gasteiger charge is 2.07. The number of carbonyl (C=O) groups is 1. The monoisotopic (exact) mass is 289 g/mol. The third-order valence-corrected chi connectivity index (χ3v) is 3.04. The number of aliphatic hydroxyl groups is 1. The number of halogens is 1. The van der Waals surface area contributed by atoms with Crippen LogP contribution in [0.3, 0.4) is 0 Å². The van der Waals surface area contributed by atoms with Gasteiger partial charge in [0.1, 0.15) is 0 Å². The first-order valence-corrected chi connectivity index (χ1v) is 6.51. The zero-order valence-corrected chi connectivity index (χ0v) is 11.3. The first-order chi connectivity index (χ1) is 10.1. The summed E-state index contributed by atoms with van der Waals surface area (Å²) in [6.07, 6.45) is 0.0386. The number of nitrogens with one attached hydrogen (secondary N) is 1. The van der Waals surface area contributed by atoms with Gasteiger partial charge in [-0.2, -0.15) is 0 Å². The summed E-state index contributed by atoms with van der Waals surface area (Å²) in [5, 5.41) is 20.8. The molecule has 1 amide bonds. The van der Waals surface area contributed by atoms with Crippen molar-refractivity contribution in [2.45, 2.75) is 19.6 Å². The summed E-state index contributed by atoms with van der Waals surface area (Å²) in [5.74, 6) is -1.41. The summed E-state index contributed by atoms with van der Waals surface area (Å²) < 4.78 is 13.2. The second kappa shape index (κ2) is 6.85. The van der Waals surface area contributed by atoms with Gasteiger partial charge in [-0.15, -0.1) is 0 Å². The van der Waals surface area contributed by atoms with Gasteiger partial charge in [-0.05, 0) is 28.8 Å². The number of amides is 1. The topological polar surface area (TPSA) is 69.6 Å². The minimum Gasteiger partial charge on any atom is -0.505 e. The molecule has 0 spiro atoms. The average Bonchev–Trinajstić information content (AvgIpc) is 2.49. The molecule has 0 saturated heterocycles. The molecule has 0 bridgehead atoms. The summed E-state index contributed by atoms with van der Waals surface area (Å²) in [6, 6.07) is 11.1. The number of benzene rings is 2. The van der Waals surface area contributed by atoms with Crippen LogP contribution in [0.5, 0.6) is 5.75 Å². The molecule has 110 valence electrons. The number of phenols is 1. The molecule has 2 aromatic rings.